The number of allylic oxidation sites excluding steroid dienone is 2. The number of ether oxygens (including phenoxy) is 1. The molecule has 2 aromatic rings. The molecule has 29 heavy (non-hydrogen) atoms. The number of hydrogen-bond donors (Lipinski definition) is 1. The van der Waals surface area contributed by atoms with E-state index in [1.807, 2.05) is 60.7 Å². The molecule has 6 nitrogen and oxygen atoms in total. The van der Waals surface area contributed by atoms with Crippen LogP contribution in [-0.4, -0.2) is 13.2 Å². The van der Waals surface area contributed by atoms with Gasteiger partial charge in [0, 0.05) is 5.56 Å². The summed E-state index contributed by atoms with van der Waals surface area (Å²) in [6.45, 7) is 3.83. The Hall–Kier alpha value is -2.84. The SMILES string of the molecule is CCOP(=O)(OCC)C1=C(c2ccccc2)OC(N)=C(C#N)[C@@H]1c1ccccc1. The highest BCUT2D eigenvalue weighted by molar-refractivity contribution is 7.58. The monoisotopic (exact) mass is 410 g/mol. The summed E-state index contributed by atoms with van der Waals surface area (Å²) in [5, 5.41) is 10.1. The van der Waals surface area contributed by atoms with Gasteiger partial charge in [-0.25, -0.2) is 0 Å². The predicted octanol–water partition coefficient (Wildman–Crippen LogP) is 5.13. The Kier molecular flexibility index (Phi) is 6.56. The van der Waals surface area contributed by atoms with E-state index >= 15 is 0 Å². The number of nitriles is 1. The van der Waals surface area contributed by atoms with Crippen molar-refractivity contribution in [2.24, 2.45) is 5.73 Å². The third-order valence-corrected chi connectivity index (χ3v) is 6.70. The van der Waals surface area contributed by atoms with Crippen molar-refractivity contribution in [2.45, 2.75) is 19.8 Å². The average molecular weight is 410 g/mol. The summed E-state index contributed by atoms with van der Waals surface area (Å²) in [7, 11) is -3.80. The quantitative estimate of drug-likeness (QED) is 0.636. The van der Waals surface area contributed by atoms with Crippen molar-refractivity contribution in [1.29, 1.82) is 5.26 Å². The molecule has 0 spiro atoms. The Morgan fingerprint density at radius 3 is 2.10 bits per heavy atom. The van der Waals surface area contributed by atoms with Gasteiger partial charge in [0.05, 0.1) is 24.4 Å². The topological polar surface area (TPSA) is 94.6 Å². The Labute approximate surface area is 170 Å². The zero-order valence-electron chi connectivity index (χ0n) is 16.4. The molecule has 0 aliphatic carbocycles. The zero-order chi connectivity index (χ0) is 20.9. The third kappa shape index (κ3) is 4.13. The normalized spacial score (nSPS) is 17.1. The summed E-state index contributed by atoms with van der Waals surface area (Å²) in [5.41, 5.74) is 7.72. The highest BCUT2D eigenvalue weighted by Gasteiger charge is 2.45. The van der Waals surface area contributed by atoms with Crippen molar-refractivity contribution in [2.75, 3.05) is 13.2 Å². The summed E-state index contributed by atoms with van der Waals surface area (Å²) < 4.78 is 31.1. The van der Waals surface area contributed by atoms with E-state index in [0.29, 0.717) is 11.3 Å². The van der Waals surface area contributed by atoms with Crippen LogP contribution in [0.3, 0.4) is 0 Å². The highest BCUT2D eigenvalue weighted by atomic mass is 31.2. The van der Waals surface area contributed by atoms with Crippen molar-refractivity contribution in [3.8, 4) is 6.07 Å². The summed E-state index contributed by atoms with van der Waals surface area (Å²) in [6, 6.07) is 20.6. The summed E-state index contributed by atoms with van der Waals surface area (Å²) in [4.78, 5) is 0. The van der Waals surface area contributed by atoms with E-state index in [1.54, 1.807) is 13.8 Å². The van der Waals surface area contributed by atoms with E-state index in [2.05, 4.69) is 6.07 Å². The molecule has 0 bridgehead atoms. The minimum Gasteiger partial charge on any atom is -0.439 e. The molecule has 2 N–H and O–H groups in total. The van der Waals surface area contributed by atoms with Gasteiger partial charge < -0.3 is 19.5 Å². The molecule has 1 aliphatic heterocycles. The number of nitrogens with zero attached hydrogens (tertiary/aromatic N) is 1. The maximum absolute atomic E-state index is 13.9. The third-order valence-electron chi connectivity index (χ3n) is 4.45. The Balaban J connectivity index is 2.36. The van der Waals surface area contributed by atoms with Crippen LogP contribution in [0, 0.1) is 11.3 Å². The van der Waals surface area contributed by atoms with Crippen LogP contribution >= 0.6 is 7.60 Å². The van der Waals surface area contributed by atoms with Crippen molar-refractivity contribution in [3.05, 3.63) is 88.6 Å². The molecular formula is C22H23N2O4P. The summed E-state index contributed by atoms with van der Waals surface area (Å²) >= 11 is 0. The van der Waals surface area contributed by atoms with Gasteiger partial charge in [-0.1, -0.05) is 60.7 Å². The van der Waals surface area contributed by atoms with Crippen LogP contribution in [0.25, 0.3) is 5.76 Å². The maximum Gasteiger partial charge on any atom is 0.362 e. The number of rotatable bonds is 7. The molecule has 2 aromatic carbocycles. The fraction of sp³-hybridized carbons (Fsp3) is 0.227. The number of benzene rings is 2. The largest absolute Gasteiger partial charge is 0.439 e. The molecule has 0 aromatic heterocycles. The van der Waals surface area contributed by atoms with Crippen molar-refractivity contribution < 1.29 is 18.3 Å². The first-order chi connectivity index (χ1) is 14.1. The van der Waals surface area contributed by atoms with E-state index in [-0.39, 0.29) is 30.0 Å². The fourth-order valence-electron chi connectivity index (χ4n) is 3.31. The van der Waals surface area contributed by atoms with Gasteiger partial charge in [0.2, 0.25) is 5.88 Å². The van der Waals surface area contributed by atoms with Crippen molar-refractivity contribution in [3.63, 3.8) is 0 Å². The van der Waals surface area contributed by atoms with E-state index in [0.717, 1.165) is 5.56 Å². The smallest absolute Gasteiger partial charge is 0.362 e. The molecule has 1 aliphatic rings. The molecule has 150 valence electrons. The van der Waals surface area contributed by atoms with Crippen molar-refractivity contribution >= 4 is 13.4 Å². The molecule has 1 heterocycles. The van der Waals surface area contributed by atoms with E-state index in [4.69, 9.17) is 19.5 Å². The molecule has 0 radical (unpaired) electrons. The first kappa shape index (κ1) is 20.9. The van der Waals surface area contributed by atoms with Gasteiger partial charge in [0.1, 0.15) is 17.4 Å². The minimum atomic E-state index is -3.80. The van der Waals surface area contributed by atoms with E-state index in [1.165, 1.54) is 0 Å². The molecule has 1 atom stereocenters. The number of nitrogens with two attached hydrogens (primary N) is 1. The van der Waals surface area contributed by atoms with Gasteiger partial charge in [-0.2, -0.15) is 5.26 Å². The molecule has 7 heteroatoms. The standard InChI is InChI=1S/C22H23N2O4P/c1-3-26-29(25,27-4-2)21-19(16-11-7-5-8-12-16)18(15-23)22(24)28-20(21)17-13-9-6-10-14-17/h5-14,19H,3-4,24H2,1-2H3/t19-/m0/s1. The van der Waals surface area contributed by atoms with Crippen LogP contribution in [-0.2, 0) is 18.3 Å². The predicted molar refractivity (Wildman–Crippen MR) is 111 cm³/mol. The van der Waals surface area contributed by atoms with Gasteiger partial charge in [0.15, 0.2) is 0 Å². The second kappa shape index (κ2) is 9.11. The first-order valence-corrected chi connectivity index (χ1v) is 10.9. The lowest BCUT2D eigenvalue weighted by Gasteiger charge is -2.32. The van der Waals surface area contributed by atoms with Gasteiger partial charge in [-0.3, -0.25) is 4.57 Å². The van der Waals surface area contributed by atoms with Gasteiger partial charge >= 0.3 is 7.60 Å². The van der Waals surface area contributed by atoms with Gasteiger partial charge in [-0.05, 0) is 19.4 Å². The van der Waals surface area contributed by atoms with E-state index < -0.39 is 13.5 Å². The molecule has 0 saturated heterocycles. The van der Waals surface area contributed by atoms with Crippen LogP contribution in [0.15, 0.2) is 77.4 Å². The first-order valence-electron chi connectivity index (χ1n) is 9.37. The molecule has 0 saturated carbocycles. The van der Waals surface area contributed by atoms with Crippen LogP contribution in [0.4, 0.5) is 0 Å². The molecular weight excluding hydrogens is 387 g/mol. The lowest BCUT2D eigenvalue weighted by atomic mass is 9.88. The second-order valence-corrected chi connectivity index (χ2v) is 8.24. The van der Waals surface area contributed by atoms with Gasteiger partial charge in [0.25, 0.3) is 0 Å². The Bertz CT molecular complexity index is 1000. The van der Waals surface area contributed by atoms with Gasteiger partial charge in [-0.15, -0.1) is 0 Å². The summed E-state index contributed by atoms with van der Waals surface area (Å²) in [5.74, 6) is -0.446. The van der Waals surface area contributed by atoms with Crippen LogP contribution < -0.4 is 5.73 Å². The average Bonchev–Trinajstić information content (AvgIpc) is 2.74. The minimum absolute atomic E-state index is 0.0245. The molecule has 0 amide bonds. The second-order valence-electron chi connectivity index (χ2n) is 6.25. The van der Waals surface area contributed by atoms with E-state index in [9.17, 15) is 9.83 Å². The molecule has 0 fully saturated rings. The van der Waals surface area contributed by atoms with Crippen LogP contribution in [0.1, 0.15) is 30.9 Å². The highest BCUT2D eigenvalue weighted by Crippen LogP contribution is 2.65. The maximum atomic E-state index is 13.9. The molecule has 0 unspecified atom stereocenters. The molecule has 3 rings (SSSR count). The summed E-state index contributed by atoms with van der Waals surface area (Å²) in [6.07, 6.45) is 0. The zero-order valence-corrected chi connectivity index (χ0v) is 17.3. The van der Waals surface area contributed by atoms with Crippen LogP contribution in [0.5, 0.6) is 0 Å². The number of hydrogen-bond acceptors (Lipinski definition) is 6. The van der Waals surface area contributed by atoms with Crippen LogP contribution in [0.2, 0.25) is 0 Å². The Morgan fingerprint density at radius 1 is 1.03 bits per heavy atom. The van der Waals surface area contributed by atoms with Crippen molar-refractivity contribution in [1.82, 2.24) is 0 Å². The lowest BCUT2D eigenvalue weighted by molar-refractivity contribution is 0.223. The Morgan fingerprint density at radius 2 is 1.59 bits per heavy atom. The fourth-order valence-corrected chi connectivity index (χ4v) is 5.36. The lowest BCUT2D eigenvalue weighted by Crippen LogP contribution is -2.22.